The van der Waals surface area contributed by atoms with E-state index in [9.17, 15) is 4.79 Å². The summed E-state index contributed by atoms with van der Waals surface area (Å²) >= 11 is 0. The van der Waals surface area contributed by atoms with Crippen molar-refractivity contribution in [2.75, 3.05) is 39.9 Å². The third-order valence-corrected chi connectivity index (χ3v) is 3.60. The van der Waals surface area contributed by atoms with Crippen LogP contribution in [0.4, 0.5) is 0 Å². The first-order chi connectivity index (χ1) is 12.1. The van der Waals surface area contributed by atoms with E-state index >= 15 is 0 Å². The number of ether oxygens (including phenoxy) is 1. The summed E-state index contributed by atoms with van der Waals surface area (Å²) < 4.78 is 5.54. The number of guanidine groups is 1. The van der Waals surface area contributed by atoms with E-state index in [4.69, 9.17) is 4.74 Å². The van der Waals surface area contributed by atoms with Gasteiger partial charge in [0.05, 0.1) is 13.2 Å². The van der Waals surface area contributed by atoms with Crippen molar-refractivity contribution >= 4 is 11.9 Å². The molecule has 0 heterocycles. The molecule has 1 rings (SSSR count). The Morgan fingerprint density at radius 3 is 2.52 bits per heavy atom. The Kier molecular flexibility index (Phi) is 11.1. The average Bonchev–Trinajstić information content (AvgIpc) is 2.61. The van der Waals surface area contributed by atoms with E-state index in [1.165, 1.54) is 5.56 Å². The Bertz CT molecular complexity index is 503. The summed E-state index contributed by atoms with van der Waals surface area (Å²) in [4.78, 5) is 15.9. The summed E-state index contributed by atoms with van der Waals surface area (Å²) in [5.41, 5.74) is 1.21. The van der Waals surface area contributed by atoms with Crippen molar-refractivity contribution in [3.8, 4) is 0 Å². The Morgan fingerprint density at radius 1 is 1.08 bits per heavy atom. The number of carbonyl (C=O) groups is 1. The van der Waals surface area contributed by atoms with Gasteiger partial charge < -0.3 is 20.7 Å². The molecule has 6 nitrogen and oxygen atoms in total. The molecule has 0 unspecified atom stereocenters. The lowest BCUT2D eigenvalue weighted by atomic mass is 10.1. The molecule has 3 N–H and O–H groups in total. The number of hydrogen-bond acceptors (Lipinski definition) is 3. The van der Waals surface area contributed by atoms with Crippen molar-refractivity contribution in [1.29, 1.82) is 0 Å². The van der Waals surface area contributed by atoms with Crippen molar-refractivity contribution < 1.29 is 9.53 Å². The molecule has 1 aromatic rings. The van der Waals surface area contributed by atoms with E-state index < -0.39 is 0 Å². The van der Waals surface area contributed by atoms with Gasteiger partial charge in [0.2, 0.25) is 5.91 Å². The van der Waals surface area contributed by atoms with Crippen LogP contribution in [0.5, 0.6) is 0 Å². The molecule has 0 fully saturated rings. The maximum atomic E-state index is 11.9. The van der Waals surface area contributed by atoms with Crippen LogP contribution in [-0.4, -0.2) is 51.8 Å². The molecule has 6 heteroatoms. The molecular formula is C19H32N4O2. The van der Waals surface area contributed by atoms with Crippen LogP contribution < -0.4 is 16.0 Å². The third kappa shape index (κ3) is 11.2. The van der Waals surface area contributed by atoms with Crippen molar-refractivity contribution in [3.05, 3.63) is 35.9 Å². The molecule has 0 aliphatic heterocycles. The molecule has 25 heavy (non-hydrogen) atoms. The Balaban J connectivity index is 2.07. The number of nitrogens with zero attached hydrogens (tertiary/aromatic N) is 1. The van der Waals surface area contributed by atoms with Gasteiger partial charge in [-0.05, 0) is 24.3 Å². The third-order valence-electron chi connectivity index (χ3n) is 3.60. The first-order valence-electron chi connectivity index (χ1n) is 8.94. The van der Waals surface area contributed by atoms with Gasteiger partial charge in [-0.15, -0.1) is 0 Å². The summed E-state index contributed by atoms with van der Waals surface area (Å²) in [5.74, 6) is 1.21. The highest BCUT2D eigenvalue weighted by molar-refractivity contribution is 5.86. The van der Waals surface area contributed by atoms with Crippen molar-refractivity contribution in [3.63, 3.8) is 0 Å². The SMILES string of the molecule is CN=C(NCCOCCC(C)C)NCC(=O)NCCc1ccccc1. The lowest BCUT2D eigenvalue weighted by Gasteiger charge is -2.12. The fourth-order valence-corrected chi connectivity index (χ4v) is 2.10. The highest BCUT2D eigenvalue weighted by atomic mass is 16.5. The predicted molar refractivity (Wildman–Crippen MR) is 103 cm³/mol. The lowest BCUT2D eigenvalue weighted by Crippen LogP contribution is -2.44. The van der Waals surface area contributed by atoms with E-state index in [1.807, 2.05) is 18.2 Å². The second-order valence-corrected chi connectivity index (χ2v) is 6.23. The number of nitrogens with one attached hydrogen (secondary N) is 3. The average molecular weight is 348 g/mol. The Morgan fingerprint density at radius 2 is 1.84 bits per heavy atom. The molecule has 140 valence electrons. The van der Waals surface area contributed by atoms with Gasteiger partial charge in [-0.3, -0.25) is 9.79 Å². The molecule has 0 radical (unpaired) electrons. The minimum absolute atomic E-state index is 0.0490. The maximum Gasteiger partial charge on any atom is 0.239 e. The van der Waals surface area contributed by atoms with Crippen LogP contribution in [0, 0.1) is 5.92 Å². The van der Waals surface area contributed by atoms with Crippen LogP contribution in [0.25, 0.3) is 0 Å². The number of hydrogen-bond donors (Lipinski definition) is 3. The van der Waals surface area contributed by atoms with Gasteiger partial charge in [0, 0.05) is 26.7 Å². The van der Waals surface area contributed by atoms with E-state index in [2.05, 4.69) is 46.9 Å². The molecule has 1 aromatic carbocycles. The summed E-state index contributed by atoms with van der Waals surface area (Å²) in [5, 5.41) is 9.02. The number of amides is 1. The van der Waals surface area contributed by atoms with Crippen LogP contribution in [0.2, 0.25) is 0 Å². The van der Waals surface area contributed by atoms with Gasteiger partial charge in [-0.25, -0.2) is 0 Å². The smallest absolute Gasteiger partial charge is 0.239 e. The minimum atomic E-state index is -0.0490. The number of rotatable bonds is 11. The normalized spacial score (nSPS) is 11.4. The van der Waals surface area contributed by atoms with E-state index in [0.29, 0.717) is 31.6 Å². The highest BCUT2D eigenvalue weighted by Crippen LogP contribution is 1.98. The standard InChI is InChI=1S/C19H32N4O2/c1-16(2)10-13-25-14-12-22-19(20-3)23-15-18(24)21-11-9-17-7-5-4-6-8-17/h4-8,16H,9-15H2,1-3H3,(H,21,24)(H2,20,22,23). The first-order valence-corrected chi connectivity index (χ1v) is 8.94. The van der Waals surface area contributed by atoms with Gasteiger partial charge in [0.15, 0.2) is 5.96 Å². The van der Waals surface area contributed by atoms with Crippen LogP contribution in [0.3, 0.4) is 0 Å². The molecule has 0 aliphatic carbocycles. The monoisotopic (exact) mass is 348 g/mol. The number of aliphatic imine (C=N–C) groups is 1. The van der Waals surface area contributed by atoms with Gasteiger partial charge >= 0.3 is 0 Å². The fraction of sp³-hybridized carbons (Fsp3) is 0.579. The Labute approximate surface area is 151 Å². The van der Waals surface area contributed by atoms with Crippen molar-refractivity contribution in [2.24, 2.45) is 10.9 Å². The fourth-order valence-electron chi connectivity index (χ4n) is 2.10. The van der Waals surface area contributed by atoms with Gasteiger partial charge in [-0.1, -0.05) is 44.2 Å². The van der Waals surface area contributed by atoms with Crippen LogP contribution >= 0.6 is 0 Å². The van der Waals surface area contributed by atoms with Gasteiger partial charge in [-0.2, -0.15) is 0 Å². The van der Waals surface area contributed by atoms with Gasteiger partial charge in [0.25, 0.3) is 0 Å². The molecule has 0 saturated carbocycles. The number of benzene rings is 1. The zero-order valence-electron chi connectivity index (χ0n) is 15.7. The second kappa shape index (κ2) is 13.2. The molecule has 0 spiro atoms. The molecule has 0 atom stereocenters. The van der Waals surface area contributed by atoms with Crippen molar-refractivity contribution in [2.45, 2.75) is 26.7 Å². The minimum Gasteiger partial charge on any atom is -0.380 e. The topological polar surface area (TPSA) is 74.8 Å². The van der Waals surface area contributed by atoms with E-state index in [0.717, 1.165) is 19.4 Å². The van der Waals surface area contributed by atoms with E-state index in [-0.39, 0.29) is 12.5 Å². The van der Waals surface area contributed by atoms with Crippen molar-refractivity contribution in [1.82, 2.24) is 16.0 Å². The summed E-state index contributed by atoms with van der Waals surface area (Å²) in [6, 6.07) is 10.1. The zero-order chi connectivity index (χ0) is 18.3. The quantitative estimate of drug-likeness (QED) is 0.322. The first kappa shape index (κ1) is 21.0. The molecule has 1 amide bonds. The summed E-state index contributed by atoms with van der Waals surface area (Å²) in [6.45, 7) is 7.23. The van der Waals surface area contributed by atoms with Gasteiger partial charge in [0.1, 0.15) is 0 Å². The highest BCUT2D eigenvalue weighted by Gasteiger charge is 2.03. The zero-order valence-corrected chi connectivity index (χ0v) is 15.7. The van der Waals surface area contributed by atoms with Crippen LogP contribution in [-0.2, 0) is 16.0 Å². The van der Waals surface area contributed by atoms with Crippen LogP contribution in [0.15, 0.2) is 35.3 Å². The molecule has 0 aliphatic rings. The number of carbonyl (C=O) groups excluding carboxylic acids is 1. The summed E-state index contributed by atoms with van der Waals surface area (Å²) in [6.07, 6.45) is 1.89. The second-order valence-electron chi connectivity index (χ2n) is 6.23. The van der Waals surface area contributed by atoms with E-state index in [1.54, 1.807) is 7.05 Å². The molecular weight excluding hydrogens is 316 g/mol. The Hall–Kier alpha value is -2.08. The molecule has 0 saturated heterocycles. The summed E-state index contributed by atoms with van der Waals surface area (Å²) in [7, 11) is 1.68. The lowest BCUT2D eigenvalue weighted by molar-refractivity contribution is -0.119. The maximum absolute atomic E-state index is 11.9. The predicted octanol–water partition coefficient (Wildman–Crippen LogP) is 1.57. The van der Waals surface area contributed by atoms with Crippen LogP contribution in [0.1, 0.15) is 25.8 Å². The largest absolute Gasteiger partial charge is 0.380 e. The molecule has 0 bridgehead atoms. The molecule has 0 aromatic heterocycles.